The van der Waals surface area contributed by atoms with E-state index in [1.807, 2.05) is 47.2 Å². The second kappa shape index (κ2) is 8.65. The molecule has 172 valence electrons. The van der Waals surface area contributed by atoms with E-state index in [0.29, 0.717) is 19.5 Å². The number of benzene rings is 2. The number of fused-ring (bicyclic) bond motifs is 1. The first-order chi connectivity index (χ1) is 16.0. The van der Waals surface area contributed by atoms with Gasteiger partial charge in [-0.1, -0.05) is 55.8 Å². The monoisotopic (exact) mass is 444 g/mol. The van der Waals surface area contributed by atoms with Crippen molar-refractivity contribution in [3.8, 4) is 0 Å². The van der Waals surface area contributed by atoms with E-state index in [4.69, 9.17) is 4.98 Å². The fourth-order valence-corrected chi connectivity index (χ4v) is 5.88. The maximum absolute atomic E-state index is 13.7. The predicted octanol–water partition coefficient (Wildman–Crippen LogP) is 4.00. The summed E-state index contributed by atoms with van der Waals surface area (Å²) in [6.07, 6.45) is 4.21. The lowest BCUT2D eigenvalue weighted by Crippen LogP contribution is -2.53. The Balaban J connectivity index is 1.48. The number of para-hydroxylation sites is 2. The molecule has 0 saturated carbocycles. The average Bonchev–Trinajstić information content (AvgIpc) is 3.37. The van der Waals surface area contributed by atoms with Crippen molar-refractivity contribution in [2.75, 3.05) is 20.1 Å². The molecule has 0 bridgehead atoms. The Hall–Kier alpha value is -3.15. The van der Waals surface area contributed by atoms with Crippen LogP contribution in [0.3, 0.4) is 0 Å². The number of nitrogens with zero attached hydrogens (tertiary/aromatic N) is 4. The minimum absolute atomic E-state index is 0.0933. The summed E-state index contributed by atoms with van der Waals surface area (Å²) in [5, 5.41) is 0. The molecule has 0 aliphatic carbocycles. The molecule has 2 atom stereocenters. The van der Waals surface area contributed by atoms with Crippen molar-refractivity contribution in [2.24, 2.45) is 0 Å². The van der Waals surface area contributed by atoms with Gasteiger partial charge in [0.15, 0.2) is 0 Å². The molecule has 2 aliphatic heterocycles. The number of likely N-dealkylation sites (N-methyl/N-ethyl adjacent to an activating group) is 1. The zero-order valence-electron chi connectivity index (χ0n) is 19.5. The first-order valence-corrected chi connectivity index (χ1v) is 12.1. The highest BCUT2D eigenvalue weighted by molar-refractivity contribution is 5.82. The second-order valence-electron chi connectivity index (χ2n) is 9.46. The van der Waals surface area contributed by atoms with Crippen LogP contribution < -0.4 is 0 Å². The van der Waals surface area contributed by atoms with E-state index in [1.165, 1.54) is 5.56 Å². The minimum Gasteiger partial charge on any atom is -0.338 e. The third-order valence-electron chi connectivity index (χ3n) is 7.71. The van der Waals surface area contributed by atoms with E-state index >= 15 is 0 Å². The maximum atomic E-state index is 13.7. The van der Waals surface area contributed by atoms with Crippen LogP contribution in [0.25, 0.3) is 11.0 Å². The van der Waals surface area contributed by atoms with E-state index < -0.39 is 0 Å². The summed E-state index contributed by atoms with van der Waals surface area (Å²) in [7, 11) is 1.94. The fourth-order valence-electron chi connectivity index (χ4n) is 5.88. The van der Waals surface area contributed by atoms with Gasteiger partial charge in [0.1, 0.15) is 12.4 Å². The van der Waals surface area contributed by atoms with Gasteiger partial charge in [-0.3, -0.25) is 9.59 Å². The van der Waals surface area contributed by atoms with Crippen LogP contribution in [0.1, 0.15) is 49.9 Å². The third-order valence-corrected chi connectivity index (χ3v) is 7.71. The summed E-state index contributed by atoms with van der Waals surface area (Å²) in [4.78, 5) is 35.3. The molecule has 33 heavy (non-hydrogen) atoms. The van der Waals surface area contributed by atoms with Crippen molar-refractivity contribution in [3.63, 3.8) is 0 Å². The van der Waals surface area contributed by atoms with Gasteiger partial charge >= 0.3 is 0 Å². The molecule has 2 aliphatic rings. The number of carbonyl (C=O) groups excluding carboxylic acids is 2. The molecule has 2 fully saturated rings. The Morgan fingerprint density at radius 1 is 1.09 bits per heavy atom. The summed E-state index contributed by atoms with van der Waals surface area (Å²) in [6, 6.07) is 18.4. The molecule has 1 aromatic heterocycles. The van der Waals surface area contributed by atoms with Crippen LogP contribution in [0.15, 0.2) is 54.6 Å². The van der Waals surface area contributed by atoms with E-state index in [9.17, 15) is 9.59 Å². The number of imidazole rings is 1. The highest BCUT2D eigenvalue weighted by atomic mass is 16.2. The maximum Gasteiger partial charge on any atom is 0.242 e. The molecule has 6 nitrogen and oxygen atoms in total. The molecule has 3 heterocycles. The Morgan fingerprint density at radius 3 is 2.64 bits per heavy atom. The normalized spacial score (nSPS) is 23.5. The minimum atomic E-state index is -0.352. The van der Waals surface area contributed by atoms with Crippen LogP contribution in [0.4, 0.5) is 0 Å². The van der Waals surface area contributed by atoms with Gasteiger partial charge < -0.3 is 14.4 Å². The molecule has 0 unspecified atom stereocenters. The van der Waals surface area contributed by atoms with E-state index in [-0.39, 0.29) is 29.8 Å². The van der Waals surface area contributed by atoms with Gasteiger partial charge in [0.05, 0.1) is 16.6 Å². The van der Waals surface area contributed by atoms with Gasteiger partial charge in [-0.15, -0.1) is 0 Å². The van der Waals surface area contributed by atoms with Crippen molar-refractivity contribution in [1.29, 1.82) is 0 Å². The van der Waals surface area contributed by atoms with E-state index in [0.717, 1.165) is 42.5 Å². The Bertz CT molecular complexity index is 1170. The van der Waals surface area contributed by atoms with Gasteiger partial charge in [0.2, 0.25) is 11.8 Å². The first-order valence-electron chi connectivity index (χ1n) is 12.1. The standard InChI is InChI=1S/C27H32N4O2/c1-3-24-28-22-13-7-8-14-23(22)31(24)18-26(33)30-17-21(20-11-5-4-6-12-20)27(19-30)16-10-9-15-25(32)29(27)2/h4-8,11-14,21H,3,9-10,15-19H2,1-2H3/t21-,27+/m0/s1. The number of rotatable bonds is 4. The molecular formula is C27H32N4O2. The fraction of sp³-hybridized carbons (Fsp3) is 0.444. The number of amides is 2. The average molecular weight is 445 g/mol. The molecule has 0 N–H and O–H groups in total. The quantitative estimate of drug-likeness (QED) is 0.611. The largest absolute Gasteiger partial charge is 0.338 e. The van der Waals surface area contributed by atoms with Crippen LogP contribution in [-0.4, -0.2) is 56.8 Å². The SMILES string of the molecule is CCc1nc2ccccc2n1CC(=O)N1C[C@@H](c2ccccc2)[C@@]2(CCCCC(=O)N2C)C1. The first kappa shape index (κ1) is 21.7. The van der Waals surface area contributed by atoms with Gasteiger partial charge in [-0.2, -0.15) is 0 Å². The summed E-state index contributed by atoms with van der Waals surface area (Å²) < 4.78 is 2.06. The smallest absolute Gasteiger partial charge is 0.242 e. The molecule has 3 aromatic rings. The summed E-state index contributed by atoms with van der Waals surface area (Å²) >= 11 is 0. The van der Waals surface area contributed by atoms with E-state index in [1.54, 1.807) is 0 Å². The molecule has 2 amide bonds. The van der Waals surface area contributed by atoms with Crippen molar-refractivity contribution in [1.82, 2.24) is 19.4 Å². The van der Waals surface area contributed by atoms with Crippen LogP contribution in [-0.2, 0) is 22.6 Å². The van der Waals surface area contributed by atoms with Crippen molar-refractivity contribution in [3.05, 3.63) is 66.0 Å². The number of hydrogen-bond acceptors (Lipinski definition) is 3. The molecule has 6 heteroatoms. The molecule has 2 saturated heterocycles. The van der Waals surface area contributed by atoms with Gasteiger partial charge in [-0.25, -0.2) is 4.98 Å². The van der Waals surface area contributed by atoms with Gasteiger partial charge in [0, 0.05) is 38.9 Å². The van der Waals surface area contributed by atoms with Gasteiger partial charge in [-0.05, 0) is 30.5 Å². The summed E-state index contributed by atoms with van der Waals surface area (Å²) in [5.74, 6) is 1.33. The summed E-state index contributed by atoms with van der Waals surface area (Å²) in [5.41, 5.74) is 2.78. The van der Waals surface area contributed by atoms with Crippen molar-refractivity contribution >= 4 is 22.8 Å². The van der Waals surface area contributed by atoms with Crippen LogP contribution in [0.5, 0.6) is 0 Å². The molecule has 2 aromatic carbocycles. The predicted molar refractivity (Wildman–Crippen MR) is 129 cm³/mol. The highest BCUT2D eigenvalue weighted by Gasteiger charge is 2.52. The van der Waals surface area contributed by atoms with Gasteiger partial charge in [0.25, 0.3) is 0 Å². The summed E-state index contributed by atoms with van der Waals surface area (Å²) in [6.45, 7) is 3.57. The third kappa shape index (κ3) is 3.71. The van der Waals surface area contributed by atoms with Crippen LogP contribution >= 0.6 is 0 Å². The lowest BCUT2D eigenvalue weighted by molar-refractivity contribution is -0.137. The zero-order valence-corrected chi connectivity index (χ0v) is 19.5. The Kier molecular flexibility index (Phi) is 5.69. The second-order valence-corrected chi connectivity index (χ2v) is 9.46. The number of hydrogen-bond donors (Lipinski definition) is 0. The number of carbonyl (C=O) groups is 2. The topological polar surface area (TPSA) is 58.4 Å². The molecule has 1 spiro atoms. The Labute approximate surface area is 195 Å². The lowest BCUT2D eigenvalue weighted by Gasteiger charge is -2.42. The Morgan fingerprint density at radius 2 is 1.85 bits per heavy atom. The van der Waals surface area contributed by atoms with E-state index in [2.05, 4.69) is 35.8 Å². The molecular weight excluding hydrogens is 412 g/mol. The lowest BCUT2D eigenvalue weighted by atomic mass is 9.78. The van der Waals surface area contributed by atoms with Crippen molar-refractivity contribution < 1.29 is 9.59 Å². The molecule has 5 rings (SSSR count). The zero-order chi connectivity index (χ0) is 23.0. The number of likely N-dealkylation sites (tertiary alicyclic amines) is 2. The van der Waals surface area contributed by atoms with Crippen molar-refractivity contribution in [2.45, 2.75) is 57.0 Å². The van der Waals surface area contributed by atoms with Crippen LogP contribution in [0.2, 0.25) is 0 Å². The molecule has 0 radical (unpaired) electrons. The number of aromatic nitrogens is 2. The highest BCUT2D eigenvalue weighted by Crippen LogP contribution is 2.45. The van der Waals surface area contributed by atoms with Crippen LogP contribution in [0, 0.1) is 0 Å². The number of aryl methyl sites for hydroxylation is 1.